The third kappa shape index (κ3) is 3.49. The van der Waals surface area contributed by atoms with Crippen molar-refractivity contribution in [2.75, 3.05) is 7.11 Å². The summed E-state index contributed by atoms with van der Waals surface area (Å²) in [7, 11) is 1.58. The second-order valence-electron chi connectivity index (χ2n) is 4.44. The standard InChI is InChI=1S/C15H15ClN2O3/c1-3-18-15(20)11(9-14(16)19)8-13(17-18)10-5-4-6-12(7-10)21-2/h4-8H,3,9H2,1-2H3. The number of benzene rings is 1. The lowest BCUT2D eigenvalue weighted by Gasteiger charge is -2.09. The molecule has 21 heavy (non-hydrogen) atoms. The van der Waals surface area contributed by atoms with Crippen molar-refractivity contribution < 1.29 is 9.53 Å². The van der Waals surface area contributed by atoms with Crippen LogP contribution in [0, 0.1) is 0 Å². The summed E-state index contributed by atoms with van der Waals surface area (Å²) in [6, 6.07) is 8.94. The zero-order valence-corrected chi connectivity index (χ0v) is 12.6. The molecule has 0 spiro atoms. The molecule has 1 heterocycles. The average Bonchev–Trinajstić information content (AvgIpc) is 2.49. The van der Waals surface area contributed by atoms with Crippen LogP contribution in [0.15, 0.2) is 35.1 Å². The third-order valence-corrected chi connectivity index (χ3v) is 3.18. The van der Waals surface area contributed by atoms with Gasteiger partial charge in [0.15, 0.2) is 0 Å². The Kier molecular flexibility index (Phi) is 4.75. The first-order valence-electron chi connectivity index (χ1n) is 6.49. The summed E-state index contributed by atoms with van der Waals surface area (Å²) in [4.78, 5) is 23.2. The smallest absolute Gasteiger partial charge is 0.270 e. The first-order valence-corrected chi connectivity index (χ1v) is 6.86. The minimum atomic E-state index is -0.572. The molecule has 0 amide bonds. The van der Waals surface area contributed by atoms with E-state index in [0.717, 1.165) is 5.56 Å². The number of aromatic nitrogens is 2. The molecule has 0 aliphatic heterocycles. The molecule has 6 heteroatoms. The summed E-state index contributed by atoms with van der Waals surface area (Å²) in [5, 5.41) is 3.73. The predicted molar refractivity (Wildman–Crippen MR) is 80.7 cm³/mol. The second-order valence-corrected chi connectivity index (χ2v) is 4.86. The minimum Gasteiger partial charge on any atom is -0.497 e. The van der Waals surface area contributed by atoms with Gasteiger partial charge >= 0.3 is 0 Å². The van der Waals surface area contributed by atoms with E-state index in [2.05, 4.69) is 5.10 Å². The Labute approximate surface area is 127 Å². The lowest BCUT2D eigenvalue weighted by atomic mass is 10.1. The molecule has 0 bridgehead atoms. The topological polar surface area (TPSA) is 61.2 Å². The van der Waals surface area contributed by atoms with Crippen LogP contribution in [0.5, 0.6) is 5.75 Å². The van der Waals surface area contributed by atoms with Crippen LogP contribution in [0.1, 0.15) is 12.5 Å². The number of hydrogen-bond donors (Lipinski definition) is 0. The van der Waals surface area contributed by atoms with Crippen molar-refractivity contribution in [2.45, 2.75) is 19.9 Å². The number of carbonyl (C=O) groups is 1. The predicted octanol–water partition coefficient (Wildman–Crippen LogP) is 2.25. The highest BCUT2D eigenvalue weighted by Crippen LogP contribution is 2.22. The number of methoxy groups -OCH3 is 1. The highest BCUT2D eigenvalue weighted by Gasteiger charge is 2.12. The molecular formula is C15H15ClN2O3. The largest absolute Gasteiger partial charge is 0.497 e. The molecule has 110 valence electrons. The molecule has 0 aliphatic rings. The average molecular weight is 307 g/mol. The van der Waals surface area contributed by atoms with Gasteiger partial charge < -0.3 is 4.74 Å². The van der Waals surface area contributed by atoms with Gasteiger partial charge in [0.2, 0.25) is 5.24 Å². The summed E-state index contributed by atoms with van der Waals surface area (Å²) in [6.07, 6.45) is -0.111. The van der Waals surface area contributed by atoms with E-state index in [1.807, 2.05) is 31.2 Å². The monoisotopic (exact) mass is 306 g/mol. The first kappa shape index (κ1) is 15.3. The van der Waals surface area contributed by atoms with Crippen molar-refractivity contribution in [3.8, 4) is 17.0 Å². The molecule has 0 aliphatic carbocycles. The molecule has 0 fully saturated rings. The minimum absolute atomic E-state index is 0.111. The van der Waals surface area contributed by atoms with Crippen LogP contribution in [0.2, 0.25) is 0 Å². The maximum Gasteiger partial charge on any atom is 0.270 e. The Morgan fingerprint density at radius 3 is 2.76 bits per heavy atom. The lowest BCUT2D eigenvalue weighted by Crippen LogP contribution is -2.26. The quantitative estimate of drug-likeness (QED) is 0.795. The van der Waals surface area contributed by atoms with Crippen molar-refractivity contribution in [1.82, 2.24) is 9.78 Å². The van der Waals surface area contributed by atoms with Gasteiger partial charge in [-0.25, -0.2) is 4.68 Å². The maximum absolute atomic E-state index is 12.1. The highest BCUT2D eigenvalue weighted by atomic mass is 35.5. The van der Waals surface area contributed by atoms with Crippen LogP contribution in [0.3, 0.4) is 0 Å². The van der Waals surface area contributed by atoms with Gasteiger partial charge in [-0.3, -0.25) is 9.59 Å². The van der Waals surface area contributed by atoms with E-state index >= 15 is 0 Å². The molecule has 0 atom stereocenters. The maximum atomic E-state index is 12.1. The van der Waals surface area contributed by atoms with E-state index in [1.54, 1.807) is 13.2 Å². The molecule has 0 N–H and O–H groups in total. The zero-order valence-electron chi connectivity index (χ0n) is 11.8. The van der Waals surface area contributed by atoms with Crippen molar-refractivity contribution in [3.63, 3.8) is 0 Å². The lowest BCUT2D eigenvalue weighted by molar-refractivity contribution is -0.111. The number of nitrogens with zero attached hydrogens (tertiary/aromatic N) is 2. The Morgan fingerprint density at radius 2 is 2.14 bits per heavy atom. The molecular weight excluding hydrogens is 292 g/mol. The van der Waals surface area contributed by atoms with Gasteiger partial charge in [0.1, 0.15) is 5.75 Å². The molecule has 2 aromatic rings. The summed E-state index contributed by atoms with van der Waals surface area (Å²) < 4.78 is 6.50. The van der Waals surface area contributed by atoms with E-state index in [4.69, 9.17) is 16.3 Å². The van der Waals surface area contributed by atoms with Gasteiger partial charge in [-0.2, -0.15) is 5.10 Å². The fraction of sp³-hybridized carbons (Fsp3) is 0.267. The molecule has 5 nitrogen and oxygen atoms in total. The molecule has 0 saturated carbocycles. The van der Waals surface area contributed by atoms with Gasteiger partial charge in [-0.1, -0.05) is 12.1 Å². The van der Waals surface area contributed by atoms with Crippen molar-refractivity contribution in [1.29, 1.82) is 0 Å². The van der Waals surface area contributed by atoms with Crippen molar-refractivity contribution in [3.05, 3.63) is 46.2 Å². The number of aryl methyl sites for hydroxylation is 1. The van der Waals surface area contributed by atoms with Gasteiger partial charge in [0.05, 0.1) is 19.2 Å². The van der Waals surface area contributed by atoms with Crippen molar-refractivity contribution >= 4 is 16.8 Å². The normalized spacial score (nSPS) is 10.4. The van der Waals surface area contributed by atoms with Gasteiger partial charge in [0.25, 0.3) is 5.56 Å². The SMILES string of the molecule is CCn1nc(-c2cccc(OC)c2)cc(CC(=O)Cl)c1=O. The first-order chi connectivity index (χ1) is 10.0. The van der Waals surface area contributed by atoms with Gasteiger partial charge in [-0.15, -0.1) is 0 Å². The van der Waals surface area contributed by atoms with Crippen LogP contribution < -0.4 is 10.3 Å². The number of halogens is 1. The Bertz CT molecular complexity index is 725. The molecule has 0 radical (unpaired) electrons. The second kappa shape index (κ2) is 6.54. The fourth-order valence-electron chi connectivity index (χ4n) is 2.01. The molecule has 1 aromatic heterocycles. The fourth-order valence-corrected chi connectivity index (χ4v) is 2.15. The van der Waals surface area contributed by atoms with Crippen LogP contribution >= 0.6 is 11.6 Å². The van der Waals surface area contributed by atoms with E-state index in [-0.39, 0.29) is 12.0 Å². The summed E-state index contributed by atoms with van der Waals surface area (Å²) in [5.74, 6) is 0.693. The number of rotatable bonds is 5. The number of carbonyl (C=O) groups excluding carboxylic acids is 1. The van der Waals surface area contributed by atoms with Crippen LogP contribution in [-0.2, 0) is 17.8 Å². The highest BCUT2D eigenvalue weighted by molar-refractivity contribution is 6.63. The van der Waals surface area contributed by atoms with Crippen LogP contribution in [0.4, 0.5) is 0 Å². The van der Waals surface area contributed by atoms with Crippen LogP contribution in [0.25, 0.3) is 11.3 Å². The van der Waals surface area contributed by atoms with E-state index < -0.39 is 5.24 Å². The molecule has 1 aromatic carbocycles. The third-order valence-electron chi connectivity index (χ3n) is 3.04. The molecule has 0 unspecified atom stereocenters. The van der Waals surface area contributed by atoms with Crippen molar-refractivity contribution in [2.24, 2.45) is 0 Å². The van der Waals surface area contributed by atoms with E-state index in [9.17, 15) is 9.59 Å². The Balaban J connectivity index is 2.57. The summed E-state index contributed by atoms with van der Waals surface area (Å²) >= 11 is 5.40. The Morgan fingerprint density at radius 1 is 1.38 bits per heavy atom. The van der Waals surface area contributed by atoms with Gasteiger partial charge in [-0.05, 0) is 36.7 Å². The van der Waals surface area contributed by atoms with E-state index in [1.165, 1.54) is 4.68 Å². The summed E-state index contributed by atoms with van der Waals surface area (Å²) in [5.41, 5.74) is 1.45. The molecule has 2 rings (SSSR count). The number of hydrogen-bond acceptors (Lipinski definition) is 4. The Hall–Kier alpha value is -2.14. The number of ether oxygens (including phenoxy) is 1. The zero-order chi connectivity index (χ0) is 15.4. The summed E-state index contributed by atoms with van der Waals surface area (Å²) in [6.45, 7) is 2.23. The van der Waals surface area contributed by atoms with Gasteiger partial charge in [0, 0.05) is 17.7 Å². The van der Waals surface area contributed by atoms with Crippen LogP contribution in [-0.4, -0.2) is 22.1 Å². The van der Waals surface area contributed by atoms with E-state index in [0.29, 0.717) is 23.6 Å². The molecule has 0 saturated heterocycles.